The number of nitrogens with one attached hydrogen (secondary N) is 1. The van der Waals surface area contributed by atoms with Crippen LogP contribution >= 0.6 is 0 Å². The standard InChI is InChI=1S/C9H20N2/c1-7-6-8(9(2,3)4)10-11(7)5/h7-8,10H,6H2,1-5H3. The van der Waals surface area contributed by atoms with Gasteiger partial charge in [0.25, 0.3) is 0 Å². The third-order valence-corrected chi connectivity index (χ3v) is 2.64. The molecule has 0 radical (unpaired) electrons. The fourth-order valence-electron chi connectivity index (χ4n) is 1.47. The highest BCUT2D eigenvalue weighted by atomic mass is 15.5. The van der Waals surface area contributed by atoms with Crippen molar-refractivity contribution in [1.82, 2.24) is 10.4 Å². The Morgan fingerprint density at radius 1 is 1.36 bits per heavy atom. The van der Waals surface area contributed by atoms with E-state index in [4.69, 9.17) is 0 Å². The Morgan fingerprint density at radius 3 is 2.09 bits per heavy atom. The maximum atomic E-state index is 3.48. The molecule has 1 rings (SSSR count). The van der Waals surface area contributed by atoms with Crippen LogP contribution in [-0.2, 0) is 0 Å². The predicted molar refractivity (Wildman–Crippen MR) is 48.2 cm³/mol. The van der Waals surface area contributed by atoms with Crippen LogP contribution in [0.15, 0.2) is 0 Å². The Balaban J connectivity index is 2.54. The molecule has 2 nitrogen and oxygen atoms in total. The van der Waals surface area contributed by atoms with Gasteiger partial charge in [-0.2, -0.15) is 0 Å². The first-order valence-electron chi connectivity index (χ1n) is 4.40. The molecule has 1 fully saturated rings. The van der Waals surface area contributed by atoms with Gasteiger partial charge in [-0.15, -0.1) is 0 Å². The molecule has 0 bridgehead atoms. The Hall–Kier alpha value is -0.0800. The maximum Gasteiger partial charge on any atom is 0.0279 e. The minimum absolute atomic E-state index is 0.388. The zero-order valence-corrected chi connectivity index (χ0v) is 8.31. The van der Waals surface area contributed by atoms with E-state index in [0.717, 1.165) is 0 Å². The molecular formula is C9H20N2. The lowest BCUT2D eigenvalue weighted by Gasteiger charge is -2.27. The molecule has 1 aliphatic rings. The number of hydrogen-bond acceptors (Lipinski definition) is 2. The summed E-state index contributed by atoms with van der Waals surface area (Å²) in [6, 6.07) is 1.32. The highest BCUT2D eigenvalue weighted by Crippen LogP contribution is 2.27. The second kappa shape index (κ2) is 2.76. The summed E-state index contributed by atoms with van der Waals surface area (Å²) in [7, 11) is 2.12. The molecule has 0 aromatic rings. The van der Waals surface area contributed by atoms with Crippen molar-refractivity contribution < 1.29 is 0 Å². The second-order valence-electron chi connectivity index (χ2n) is 4.74. The normalized spacial score (nSPS) is 34.6. The van der Waals surface area contributed by atoms with Gasteiger partial charge in [0.15, 0.2) is 0 Å². The van der Waals surface area contributed by atoms with E-state index in [9.17, 15) is 0 Å². The second-order valence-corrected chi connectivity index (χ2v) is 4.74. The van der Waals surface area contributed by atoms with E-state index < -0.39 is 0 Å². The molecule has 0 spiro atoms. The molecule has 1 heterocycles. The predicted octanol–water partition coefficient (Wildman–Crippen LogP) is 1.63. The van der Waals surface area contributed by atoms with Crippen LogP contribution in [0.4, 0.5) is 0 Å². The molecule has 2 heteroatoms. The van der Waals surface area contributed by atoms with Crippen molar-refractivity contribution in [2.75, 3.05) is 7.05 Å². The summed E-state index contributed by atoms with van der Waals surface area (Å²) in [6.45, 7) is 9.13. The van der Waals surface area contributed by atoms with E-state index in [1.54, 1.807) is 0 Å². The van der Waals surface area contributed by atoms with Gasteiger partial charge in [0.1, 0.15) is 0 Å². The Morgan fingerprint density at radius 2 is 1.91 bits per heavy atom. The van der Waals surface area contributed by atoms with Gasteiger partial charge in [0.05, 0.1) is 0 Å². The van der Waals surface area contributed by atoms with Crippen molar-refractivity contribution >= 4 is 0 Å². The van der Waals surface area contributed by atoms with Crippen LogP contribution in [0.25, 0.3) is 0 Å². The van der Waals surface area contributed by atoms with E-state index >= 15 is 0 Å². The SMILES string of the molecule is CC1CC(C(C)(C)C)NN1C. The van der Waals surface area contributed by atoms with Gasteiger partial charge in [0, 0.05) is 19.1 Å². The Labute approximate surface area is 69.9 Å². The van der Waals surface area contributed by atoms with Gasteiger partial charge in [0.2, 0.25) is 0 Å². The van der Waals surface area contributed by atoms with Crippen LogP contribution in [0.2, 0.25) is 0 Å². The molecule has 0 amide bonds. The topological polar surface area (TPSA) is 15.3 Å². The summed E-state index contributed by atoms with van der Waals surface area (Å²) in [5, 5.41) is 2.22. The average molecular weight is 156 g/mol. The van der Waals surface area contributed by atoms with E-state index in [-0.39, 0.29) is 0 Å². The largest absolute Gasteiger partial charge is 0.252 e. The fraction of sp³-hybridized carbons (Fsp3) is 1.00. The van der Waals surface area contributed by atoms with E-state index in [1.165, 1.54) is 6.42 Å². The van der Waals surface area contributed by atoms with Crippen LogP contribution in [0.5, 0.6) is 0 Å². The fourth-order valence-corrected chi connectivity index (χ4v) is 1.47. The molecule has 2 atom stereocenters. The lowest BCUT2D eigenvalue weighted by atomic mass is 9.85. The number of hydrogen-bond donors (Lipinski definition) is 1. The minimum Gasteiger partial charge on any atom is -0.252 e. The number of nitrogens with zero attached hydrogens (tertiary/aromatic N) is 1. The molecule has 1 saturated heterocycles. The van der Waals surface area contributed by atoms with Crippen LogP contribution in [0.3, 0.4) is 0 Å². The molecule has 0 saturated carbocycles. The van der Waals surface area contributed by atoms with Crippen molar-refractivity contribution in [2.24, 2.45) is 5.41 Å². The van der Waals surface area contributed by atoms with Gasteiger partial charge in [-0.05, 0) is 18.8 Å². The van der Waals surface area contributed by atoms with E-state index in [0.29, 0.717) is 17.5 Å². The summed E-state index contributed by atoms with van der Waals surface area (Å²) in [4.78, 5) is 0. The Bertz CT molecular complexity index is 127. The van der Waals surface area contributed by atoms with Crippen molar-refractivity contribution in [3.63, 3.8) is 0 Å². The molecule has 11 heavy (non-hydrogen) atoms. The lowest BCUT2D eigenvalue weighted by molar-refractivity contribution is 0.197. The monoisotopic (exact) mass is 156 g/mol. The minimum atomic E-state index is 0.388. The first-order valence-corrected chi connectivity index (χ1v) is 4.40. The third kappa shape index (κ3) is 1.94. The van der Waals surface area contributed by atoms with E-state index in [1.807, 2.05) is 0 Å². The molecule has 0 aliphatic carbocycles. The summed E-state index contributed by atoms with van der Waals surface area (Å²) in [6.07, 6.45) is 1.26. The van der Waals surface area contributed by atoms with Gasteiger partial charge in [-0.25, -0.2) is 5.01 Å². The summed E-state index contributed by atoms with van der Waals surface area (Å²) >= 11 is 0. The number of rotatable bonds is 0. The van der Waals surface area contributed by atoms with Gasteiger partial charge in [-0.3, -0.25) is 5.43 Å². The molecule has 1 aliphatic heterocycles. The first kappa shape index (κ1) is 9.01. The molecule has 2 unspecified atom stereocenters. The van der Waals surface area contributed by atoms with Crippen LogP contribution in [0, 0.1) is 5.41 Å². The maximum absolute atomic E-state index is 3.48. The van der Waals surface area contributed by atoms with Crippen molar-refractivity contribution in [1.29, 1.82) is 0 Å². The van der Waals surface area contributed by atoms with Crippen molar-refractivity contribution in [2.45, 2.75) is 46.2 Å². The van der Waals surface area contributed by atoms with Gasteiger partial charge < -0.3 is 0 Å². The smallest absolute Gasteiger partial charge is 0.0279 e. The van der Waals surface area contributed by atoms with Crippen LogP contribution < -0.4 is 5.43 Å². The zero-order valence-electron chi connectivity index (χ0n) is 8.31. The molecule has 0 aromatic carbocycles. The number of hydrazine groups is 1. The van der Waals surface area contributed by atoms with Crippen molar-refractivity contribution in [3.8, 4) is 0 Å². The summed E-state index contributed by atoms with van der Waals surface area (Å²) < 4.78 is 0. The van der Waals surface area contributed by atoms with Gasteiger partial charge >= 0.3 is 0 Å². The van der Waals surface area contributed by atoms with Gasteiger partial charge in [-0.1, -0.05) is 20.8 Å². The molecule has 1 N–H and O–H groups in total. The molecular weight excluding hydrogens is 136 g/mol. The summed E-state index contributed by atoms with van der Waals surface area (Å²) in [5.74, 6) is 0. The highest BCUT2D eigenvalue weighted by Gasteiger charge is 2.33. The molecule has 66 valence electrons. The first-order chi connectivity index (χ1) is 4.91. The highest BCUT2D eigenvalue weighted by molar-refractivity contribution is 4.87. The van der Waals surface area contributed by atoms with Crippen LogP contribution in [-0.4, -0.2) is 24.1 Å². The molecule has 0 aromatic heterocycles. The third-order valence-electron chi connectivity index (χ3n) is 2.64. The summed E-state index contributed by atoms with van der Waals surface area (Å²) in [5.41, 5.74) is 3.86. The quantitative estimate of drug-likeness (QED) is 0.573. The van der Waals surface area contributed by atoms with Crippen molar-refractivity contribution in [3.05, 3.63) is 0 Å². The average Bonchev–Trinajstić information content (AvgIpc) is 2.11. The Kier molecular flexibility index (Phi) is 2.26. The van der Waals surface area contributed by atoms with E-state index in [2.05, 4.69) is 45.2 Å². The zero-order chi connectivity index (χ0) is 8.65. The van der Waals surface area contributed by atoms with Crippen LogP contribution in [0.1, 0.15) is 34.1 Å². The lowest BCUT2D eigenvalue weighted by Crippen LogP contribution is -2.40.